The third-order valence-electron chi connectivity index (χ3n) is 4.12. The van der Waals surface area contributed by atoms with Crippen molar-refractivity contribution in [3.63, 3.8) is 0 Å². The van der Waals surface area contributed by atoms with Crippen LogP contribution in [0.1, 0.15) is 45.8 Å². The van der Waals surface area contributed by atoms with Crippen LogP contribution in [-0.4, -0.2) is 29.0 Å². The quantitative estimate of drug-likeness (QED) is 0.839. The molecule has 128 valence electrons. The highest BCUT2D eigenvalue weighted by Crippen LogP contribution is 2.28. The predicted molar refractivity (Wildman–Crippen MR) is 103 cm³/mol. The Kier molecular flexibility index (Phi) is 5.41. The van der Waals surface area contributed by atoms with Crippen LogP contribution in [0.5, 0.6) is 0 Å². The number of hydrogen-bond acceptors (Lipinski definition) is 6. The van der Waals surface area contributed by atoms with Crippen LogP contribution in [0.2, 0.25) is 0 Å². The highest BCUT2D eigenvalue weighted by molar-refractivity contribution is 7.81. The van der Waals surface area contributed by atoms with Gasteiger partial charge in [-0.25, -0.2) is 4.98 Å². The molecular weight excluding hydrogens is 352 g/mol. The molecule has 3 rings (SSSR count). The van der Waals surface area contributed by atoms with Gasteiger partial charge >= 0.3 is 0 Å². The summed E-state index contributed by atoms with van der Waals surface area (Å²) < 4.78 is 0. The van der Waals surface area contributed by atoms with Crippen LogP contribution in [-0.2, 0) is 0 Å². The van der Waals surface area contributed by atoms with Gasteiger partial charge in [-0.15, -0.1) is 0 Å². The fraction of sp³-hybridized carbons (Fsp3) is 0.333. The second kappa shape index (κ2) is 7.72. The fourth-order valence-electron chi connectivity index (χ4n) is 2.74. The lowest BCUT2D eigenvalue weighted by atomic mass is 10.1. The predicted octanol–water partition coefficient (Wildman–Crippen LogP) is 3.42. The Hall–Kier alpha value is -2.30. The van der Waals surface area contributed by atoms with Gasteiger partial charge in [0.1, 0.15) is 4.99 Å². The SMILES string of the molecule is Cc1nc(N2CCCCC2)sc1C(=S)NC(=O)c1ccc(C#N)cc1. The number of aryl methyl sites for hydroxylation is 1. The Morgan fingerprint density at radius 2 is 1.96 bits per heavy atom. The van der Waals surface area contributed by atoms with E-state index < -0.39 is 0 Å². The summed E-state index contributed by atoms with van der Waals surface area (Å²) in [5.41, 5.74) is 1.83. The molecule has 1 amide bonds. The molecule has 1 N–H and O–H groups in total. The third-order valence-corrected chi connectivity index (χ3v) is 5.79. The van der Waals surface area contributed by atoms with Crippen molar-refractivity contribution in [3.05, 3.63) is 46.0 Å². The second-order valence-electron chi connectivity index (χ2n) is 5.93. The maximum atomic E-state index is 12.3. The van der Waals surface area contributed by atoms with E-state index in [0.717, 1.165) is 28.8 Å². The summed E-state index contributed by atoms with van der Waals surface area (Å²) in [7, 11) is 0. The van der Waals surface area contributed by atoms with E-state index in [4.69, 9.17) is 17.5 Å². The molecule has 0 atom stereocenters. The number of nitrogens with zero attached hydrogens (tertiary/aromatic N) is 3. The molecule has 0 unspecified atom stereocenters. The normalized spacial score (nSPS) is 14.0. The highest BCUT2D eigenvalue weighted by Gasteiger charge is 2.19. The number of thiocarbonyl (C=S) groups is 1. The standard InChI is InChI=1S/C18H18N4OS2/c1-12-15(25-18(20-12)22-9-3-2-4-10-22)17(24)21-16(23)14-7-5-13(11-19)6-8-14/h5-8H,2-4,9-10H2,1H3,(H,21,23,24). The van der Waals surface area contributed by atoms with E-state index >= 15 is 0 Å². The molecule has 1 aromatic carbocycles. The molecule has 5 nitrogen and oxygen atoms in total. The van der Waals surface area contributed by atoms with Gasteiger partial charge < -0.3 is 10.2 Å². The molecular formula is C18H18N4OS2. The van der Waals surface area contributed by atoms with E-state index in [2.05, 4.69) is 15.2 Å². The van der Waals surface area contributed by atoms with Crippen molar-refractivity contribution in [2.45, 2.75) is 26.2 Å². The number of aromatic nitrogens is 1. The summed E-state index contributed by atoms with van der Waals surface area (Å²) >= 11 is 6.95. The summed E-state index contributed by atoms with van der Waals surface area (Å²) in [5, 5.41) is 12.6. The average Bonchev–Trinajstić information content (AvgIpc) is 3.04. The van der Waals surface area contributed by atoms with Gasteiger partial charge in [-0.3, -0.25) is 4.79 Å². The topological polar surface area (TPSA) is 69.0 Å². The van der Waals surface area contributed by atoms with Crippen LogP contribution in [0, 0.1) is 18.3 Å². The Bertz CT molecular complexity index is 830. The van der Waals surface area contributed by atoms with Crippen LogP contribution in [0.3, 0.4) is 0 Å². The molecule has 1 aliphatic rings. The maximum Gasteiger partial charge on any atom is 0.256 e. The molecule has 7 heteroatoms. The largest absolute Gasteiger partial charge is 0.348 e. The minimum absolute atomic E-state index is 0.276. The number of piperidine rings is 1. The molecule has 0 aliphatic carbocycles. The van der Waals surface area contributed by atoms with Gasteiger partial charge in [-0.05, 0) is 50.5 Å². The first-order valence-corrected chi connectivity index (χ1v) is 9.39. The molecule has 0 radical (unpaired) electrons. The summed E-state index contributed by atoms with van der Waals surface area (Å²) in [5.74, 6) is -0.276. The zero-order chi connectivity index (χ0) is 17.8. The van der Waals surface area contributed by atoms with E-state index in [1.807, 2.05) is 13.0 Å². The first-order chi connectivity index (χ1) is 12.1. The molecule has 0 spiro atoms. The monoisotopic (exact) mass is 370 g/mol. The fourth-order valence-corrected chi connectivity index (χ4v) is 4.12. The summed E-state index contributed by atoms with van der Waals surface area (Å²) in [6.07, 6.45) is 3.65. The number of anilines is 1. The van der Waals surface area contributed by atoms with Crippen molar-refractivity contribution in [2.24, 2.45) is 0 Å². The van der Waals surface area contributed by atoms with Crippen molar-refractivity contribution in [3.8, 4) is 6.07 Å². The van der Waals surface area contributed by atoms with Gasteiger partial charge in [0, 0.05) is 18.7 Å². The minimum atomic E-state index is -0.276. The van der Waals surface area contributed by atoms with Gasteiger partial charge in [0.15, 0.2) is 5.13 Å². The number of benzene rings is 1. The van der Waals surface area contributed by atoms with Gasteiger partial charge in [-0.2, -0.15) is 5.26 Å². The number of carbonyl (C=O) groups excluding carboxylic acids is 1. The van der Waals surface area contributed by atoms with Crippen molar-refractivity contribution in [2.75, 3.05) is 18.0 Å². The van der Waals surface area contributed by atoms with Crippen LogP contribution < -0.4 is 10.2 Å². The Labute approximate surface area is 156 Å². The van der Waals surface area contributed by atoms with Crippen LogP contribution in [0.4, 0.5) is 5.13 Å². The highest BCUT2D eigenvalue weighted by atomic mass is 32.1. The number of thiazole rings is 1. The summed E-state index contributed by atoms with van der Waals surface area (Å²) in [6, 6.07) is 8.50. The van der Waals surface area contributed by atoms with E-state index in [0.29, 0.717) is 16.1 Å². The van der Waals surface area contributed by atoms with Crippen LogP contribution in [0.15, 0.2) is 24.3 Å². The van der Waals surface area contributed by atoms with Gasteiger partial charge in [0.2, 0.25) is 0 Å². The summed E-state index contributed by atoms with van der Waals surface area (Å²) in [4.78, 5) is 20.5. The van der Waals surface area contributed by atoms with Crippen LogP contribution >= 0.6 is 23.6 Å². The Morgan fingerprint density at radius 1 is 1.28 bits per heavy atom. The van der Waals surface area contributed by atoms with Crippen molar-refractivity contribution < 1.29 is 4.79 Å². The molecule has 1 saturated heterocycles. The number of carbonyl (C=O) groups is 1. The van der Waals surface area contributed by atoms with E-state index in [1.54, 1.807) is 24.3 Å². The number of nitrogens with one attached hydrogen (secondary N) is 1. The number of hydrogen-bond donors (Lipinski definition) is 1. The van der Waals surface area contributed by atoms with Gasteiger partial charge in [0.25, 0.3) is 5.91 Å². The molecule has 2 aromatic rings. The number of nitriles is 1. The number of amides is 1. The molecule has 0 saturated carbocycles. The lowest BCUT2D eigenvalue weighted by Gasteiger charge is -2.25. The summed E-state index contributed by atoms with van der Waals surface area (Å²) in [6.45, 7) is 3.97. The smallest absolute Gasteiger partial charge is 0.256 e. The second-order valence-corrected chi connectivity index (χ2v) is 7.32. The maximum absolute atomic E-state index is 12.3. The lowest BCUT2D eigenvalue weighted by molar-refractivity contribution is 0.0978. The lowest BCUT2D eigenvalue weighted by Crippen LogP contribution is -2.29. The third kappa shape index (κ3) is 4.03. The zero-order valence-electron chi connectivity index (χ0n) is 13.9. The first-order valence-electron chi connectivity index (χ1n) is 8.16. The molecule has 1 aromatic heterocycles. The van der Waals surface area contributed by atoms with Crippen molar-refractivity contribution in [1.82, 2.24) is 10.3 Å². The Balaban J connectivity index is 1.71. The molecule has 1 aliphatic heterocycles. The van der Waals surface area contributed by atoms with Crippen LogP contribution in [0.25, 0.3) is 0 Å². The van der Waals surface area contributed by atoms with Crippen molar-refractivity contribution >= 4 is 39.6 Å². The Morgan fingerprint density at radius 3 is 2.60 bits per heavy atom. The first kappa shape index (κ1) is 17.5. The zero-order valence-corrected chi connectivity index (χ0v) is 15.5. The average molecular weight is 371 g/mol. The van der Waals surface area contributed by atoms with Gasteiger partial charge in [0.05, 0.1) is 22.2 Å². The number of rotatable bonds is 3. The molecule has 1 fully saturated rings. The minimum Gasteiger partial charge on any atom is -0.348 e. The van der Waals surface area contributed by atoms with Gasteiger partial charge in [-0.1, -0.05) is 23.6 Å². The van der Waals surface area contributed by atoms with E-state index in [9.17, 15) is 4.79 Å². The van der Waals surface area contributed by atoms with E-state index in [-0.39, 0.29) is 5.91 Å². The van der Waals surface area contributed by atoms with E-state index in [1.165, 1.54) is 30.6 Å². The molecule has 2 heterocycles. The van der Waals surface area contributed by atoms with Crippen molar-refractivity contribution in [1.29, 1.82) is 5.26 Å². The molecule has 0 bridgehead atoms. The molecule has 25 heavy (non-hydrogen) atoms.